The minimum atomic E-state index is -0.694. The fourth-order valence-corrected chi connectivity index (χ4v) is 2.04. The quantitative estimate of drug-likeness (QED) is 0.811. The second kappa shape index (κ2) is 8.36. The van der Waals surface area contributed by atoms with Crippen LogP contribution in [-0.2, 0) is 9.53 Å². The maximum absolute atomic E-state index is 12.1. The number of amides is 1. The van der Waals surface area contributed by atoms with Gasteiger partial charge in [-0.1, -0.05) is 6.07 Å². The summed E-state index contributed by atoms with van der Waals surface area (Å²) in [7, 11) is 2.92. The molecule has 0 saturated carbocycles. The molecule has 0 atom stereocenters. The van der Waals surface area contributed by atoms with Gasteiger partial charge in [0.05, 0.1) is 25.9 Å². The van der Waals surface area contributed by atoms with Crippen molar-refractivity contribution in [3.05, 3.63) is 53.6 Å². The number of nitrogens with one attached hydrogen (secondary N) is 1. The number of hydrogen-bond donors (Lipinski definition) is 1. The van der Waals surface area contributed by atoms with E-state index >= 15 is 0 Å². The van der Waals surface area contributed by atoms with Gasteiger partial charge in [-0.25, -0.2) is 4.79 Å². The average molecular weight is 340 g/mol. The number of carbonyl (C=O) groups is 2. The van der Waals surface area contributed by atoms with Crippen LogP contribution in [0.1, 0.15) is 15.9 Å². The Balaban J connectivity index is 1.97. The van der Waals surface area contributed by atoms with E-state index in [-0.39, 0.29) is 11.3 Å². The lowest BCUT2D eigenvalue weighted by molar-refractivity contribution is -0.119. The second-order valence-electron chi connectivity index (χ2n) is 4.88. The number of hydrogen-bond acceptors (Lipinski definition) is 6. The SMILES string of the molecule is COc1ccc(C(=O)OCC(=O)Nc2cccc(C#N)c2)c(OC)c1. The van der Waals surface area contributed by atoms with Crippen LogP contribution < -0.4 is 14.8 Å². The van der Waals surface area contributed by atoms with Crippen LogP contribution in [0.25, 0.3) is 0 Å². The van der Waals surface area contributed by atoms with Gasteiger partial charge in [-0.2, -0.15) is 5.26 Å². The number of nitriles is 1. The normalized spacial score (nSPS) is 9.64. The molecule has 0 spiro atoms. The van der Waals surface area contributed by atoms with Crippen LogP contribution >= 0.6 is 0 Å². The molecule has 2 rings (SSSR count). The van der Waals surface area contributed by atoms with Crippen LogP contribution in [0.5, 0.6) is 11.5 Å². The Labute approximate surface area is 144 Å². The molecular formula is C18H16N2O5. The van der Waals surface area contributed by atoms with Gasteiger partial charge >= 0.3 is 5.97 Å². The predicted molar refractivity (Wildman–Crippen MR) is 89.6 cm³/mol. The van der Waals surface area contributed by atoms with E-state index in [9.17, 15) is 9.59 Å². The summed E-state index contributed by atoms with van der Waals surface area (Å²) in [5.74, 6) is -0.397. The number of carbonyl (C=O) groups excluding carboxylic acids is 2. The van der Waals surface area contributed by atoms with Crippen LogP contribution in [0.2, 0.25) is 0 Å². The summed E-state index contributed by atoms with van der Waals surface area (Å²) in [6, 6.07) is 13.0. The lowest BCUT2D eigenvalue weighted by atomic mass is 10.2. The molecular weight excluding hydrogens is 324 g/mol. The highest BCUT2D eigenvalue weighted by Gasteiger charge is 2.16. The lowest BCUT2D eigenvalue weighted by Crippen LogP contribution is -2.21. The number of benzene rings is 2. The first-order valence-electron chi connectivity index (χ1n) is 7.26. The fraction of sp³-hybridized carbons (Fsp3) is 0.167. The number of rotatable bonds is 6. The molecule has 128 valence electrons. The van der Waals surface area contributed by atoms with Crippen molar-refractivity contribution in [1.82, 2.24) is 0 Å². The fourth-order valence-electron chi connectivity index (χ4n) is 2.04. The molecule has 0 aliphatic carbocycles. The van der Waals surface area contributed by atoms with Gasteiger partial charge in [0.15, 0.2) is 6.61 Å². The molecule has 0 aromatic heterocycles. The molecule has 0 saturated heterocycles. The summed E-state index contributed by atoms with van der Waals surface area (Å²) in [6.07, 6.45) is 0. The largest absolute Gasteiger partial charge is 0.497 e. The van der Waals surface area contributed by atoms with E-state index in [1.807, 2.05) is 6.07 Å². The van der Waals surface area contributed by atoms with Crippen molar-refractivity contribution in [2.45, 2.75) is 0 Å². The Morgan fingerprint density at radius 2 is 1.92 bits per heavy atom. The van der Waals surface area contributed by atoms with Gasteiger partial charge in [0.2, 0.25) is 0 Å². The highest BCUT2D eigenvalue weighted by molar-refractivity contribution is 5.97. The Hall–Kier alpha value is -3.53. The minimum Gasteiger partial charge on any atom is -0.497 e. The zero-order valence-electron chi connectivity index (χ0n) is 13.7. The first-order valence-corrected chi connectivity index (χ1v) is 7.26. The first-order chi connectivity index (χ1) is 12.1. The molecule has 7 nitrogen and oxygen atoms in total. The molecule has 0 radical (unpaired) electrons. The van der Waals surface area contributed by atoms with Crippen molar-refractivity contribution in [1.29, 1.82) is 5.26 Å². The van der Waals surface area contributed by atoms with Crippen molar-refractivity contribution in [3.8, 4) is 17.6 Å². The summed E-state index contributed by atoms with van der Waals surface area (Å²) >= 11 is 0. The first kappa shape index (κ1) is 17.8. The monoisotopic (exact) mass is 340 g/mol. The predicted octanol–water partition coefficient (Wildman–Crippen LogP) is 2.37. The van der Waals surface area contributed by atoms with Gasteiger partial charge < -0.3 is 19.5 Å². The van der Waals surface area contributed by atoms with E-state index in [0.717, 1.165) is 0 Å². The molecule has 0 heterocycles. The third-order valence-electron chi connectivity index (χ3n) is 3.24. The van der Waals surface area contributed by atoms with E-state index in [4.69, 9.17) is 19.5 Å². The maximum atomic E-state index is 12.1. The van der Waals surface area contributed by atoms with Crippen LogP contribution in [0.3, 0.4) is 0 Å². The van der Waals surface area contributed by atoms with Gasteiger partial charge in [0.1, 0.15) is 17.1 Å². The third kappa shape index (κ3) is 4.72. The molecule has 1 N–H and O–H groups in total. The number of methoxy groups -OCH3 is 2. The number of ether oxygens (including phenoxy) is 3. The summed E-state index contributed by atoms with van der Waals surface area (Å²) in [6.45, 7) is -0.467. The molecule has 2 aromatic carbocycles. The van der Waals surface area contributed by atoms with E-state index in [2.05, 4.69) is 5.32 Å². The number of nitrogens with zero attached hydrogens (tertiary/aromatic N) is 1. The average Bonchev–Trinajstić information content (AvgIpc) is 2.65. The van der Waals surface area contributed by atoms with Crippen molar-refractivity contribution in [3.63, 3.8) is 0 Å². The van der Waals surface area contributed by atoms with E-state index in [0.29, 0.717) is 17.0 Å². The Morgan fingerprint density at radius 3 is 2.60 bits per heavy atom. The lowest BCUT2D eigenvalue weighted by Gasteiger charge is -2.10. The molecule has 7 heteroatoms. The second-order valence-corrected chi connectivity index (χ2v) is 4.88. The van der Waals surface area contributed by atoms with E-state index < -0.39 is 18.5 Å². The van der Waals surface area contributed by atoms with Gasteiger partial charge in [0.25, 0.3) is 5.91 Å². The van der Waals surface area contributed by atoms with Crippen LogP contribution in [0, 0.1) is 11.3 Å². The Kier molecular flexibility index (Phi) is 5.96. The van der Waals surface area contributed by atoms with Crippen LogP contribution in [-0.4, -0.2) is 32.7 Å². The highest BCUT2D eigenvalue weighted by Crippen LogP contribution is 2.25. The summed E-state index contributed by atoms with van der Waals surface area (Å²) in [5, 5.41) is 11.4. The topological polar surface area (TPSA) is 97.6 Å². The summed E-state index contributed by atoms with van der Waals surface area (Å²) in [5.41, 5.74) is 1.04. The van der Waals surface area contributed by atoms with Gasteiger partial charge in [0, 0.05) is 11.8 Å². The summed E-state index contributed by atoms with van der Waals surface area (Å²) < 4.78 is 15.2. The van der Waals surface area contributed by atoms with E-state index in [1.54, 1.807) is 30.3 Å². The highest BCUT2D eigenvalue weighted by atomic mass is 16.5. The Morgan fingerprint density at radius 1 is 1.12 bits per heavy atom. The molecule has 0 unspecified atom stereocenters. The molecule has 2 aromatic rings. The van der Waals surface area contributed by atoms with Crippen molar-refractivity contribution < 1.29 is 23.8 Å². The van der Waals surface area contributed by atoms with Gasteiger partial charge in [-0.15, -0.1) is 0 Å². The van der Waals surface area contributed by atoms with Crippen LogP contribution in [0.4, 0.5) is 5.69 Å². The molecule has 25 heavy (non-hydrogen) atoms. The number of anilines is 1. The maximum Gasteiger partial charge on any atom is 0.342 e. The van der Waals surface area contributed by atoms with Gasteiger partial charge in [-0.05, 0) is 30.3 Å². The van der Waals surface area contributed by atoms with Crippen molar-refractivity contribution in [2.24, 2.45) is 0 Å². The molecule has 0 aliphatic heterocycles. The standard InChI is InChI=1S/C18H16N2O5/c1-23-14-6-7-15(16(9-14)24-2)18(22)25-11-17(21)20-13-5-3-4-12(8-13)10-19/h3-9H,11H2,1-2H3,(H,20,21). The Bertz CT molecular complexity index is 826. The zero-order chi connectivity index (χ0) is 18.2. The van der Waals surface area contributed by atoms with Crippen molar-refractivity contribution >= 4 is 17.6 Å². The minimum absolute atomic E-state index is 0.183. The van der Waals surface area contributed by atoms with Crippen LogP contribution in [0.15, 0.2) is 42.5 Å². The molecule has 1 amide bonds. The number of esters is 1. The molecule has 0 fully saturated rings. The zero-order valence-corrected chi connectivity index (χ0v) is 13.7. The molecule has 0 bridgehead atoms. The summed E-state index contributed by atoms with van der Waals surface area (Å²) in [4.78, 5) is 24.0. The van der Waals surface area contributed by atoms with Gasteiger partial charge in [-0.3, -0.25) is 4.79 Å². The smallest absolute Gasteiger partial charge is 0.342 e. The third-order valence-corrected chi connectivity index (χ3v) is 3.24. The van der Waals surface area contributed by atoms with Crippen molar-refractivity contribution in [2.75, 3.05) is 26.1 Å². The van der Waals surface area contributed by atoms with E-state index in [1.165, 1.54) is 26.4 Å². The molecule has 0 aliphatic rings.